The summed E-state index contributed by atoms with van der Waals surface area (Å²) in [5, 5.41) is 9.20. The minimum absolute atomic E-state index is 0.264. The van der Waals surface area contributed by atoms with Gasteiger partial charge in [0.05, 0.1) is 18.8 Å². The van der Waals surface area contributed by atoms with Crippen LogP contribution in [-0.4, -0.2) is 39.7 Å². The Morgan fingerprint density at radius 2 is 1.94 bits per heavy atom. The second kappa shape index (κ2) is 11.3. The number of hydrogen-bond donors (Lipinski definition) is 1. The summed E-state index contributed by atoms with van der Waals surface area (Å²) < 4.78 is 19.0. The van der Waals surface area contributed by atoms with E-state index in [2.05, 4.69) is 15.4 Å². The van der Waals surface area contributed by atoms with Gasteiger partial charge in [0, 0.05) is 10.7 Å². The van der Waals surface area contributed by atoms with E-state index in [0.29, 0.717) is 45.5 Å². The number of allylic oxidation sites excluding steroid dienone is 1. The highest BCUT2D eigenvalue weighted by Crippen LogP contribution is 2.40. The number of halogens is 1. The lowest BCUT2D eigenvalue weighted by molar-refractivity contribution is -0.143. The molecular formula is C26H29ClN4O4S. The molecule has 1 atom stereocenters. The Hall–Kier alpha value is -3.17. The largest absolute Gasteiger partial charge is 0.493 e. The summed E-state index contributed by atoms with van der Waals surface area (Å²) in [5.74, 6) is 2.11. The van der Waals surface area contributed by atoms with Crippen molar-refractivity contribution in [1.29, 1.82) is 0 Å². The molecule has 1 aliphatic rings. The van der Waals surface area contributed by atoms with E-state index in [1.54, 1.807) is 11.8 Å². The van der Waals surface area contributed by atoms with Crippen LogP contribution < -0.4 is 14.8 Å². The Balaban J connectivity index is 1.71. The number of ether oxygens (including phenoxy) is 3. The Bertz CT molecular complexity index is 1270. The average molecular weight is 529 g/mol. The summed E-state index contributed by atoms with van der Waals surface area (Å²) in [4.78, 5) is 17.8. The first kappa shape index (κ1) is 25.9. The Labute approximate surface area is 220 Å². The zero-order valence-electron chi connectivity index (χ0n) is 20.9. The van der Waals surface area contributed by atoms with E-state index in [-0.39, 0.29) is 6.10 Å². The van der Waals surface area contributed by atoms with E-state index in [0.717, 1.165) is 16.9 Å². The number of nitrogens with one attached hydrogen (secondary N) is 1. The predicted molar refractivity (Wildman–Crippen MR) is 141 cm³/mol. The molecule has 0 spiro atoms. The lowest BCUT2D eigenvalue weighted by Crippen LogP contribution is -2.30. The Morgan fingerprint density at radius 1 is 1.19 bits per heavy atom. The topological polar surface area (TPSA) is 87.5 Å². The second-order valence-corrected chi connectivity index (χ2v) is 10.1. The number of esters is 1. The van der Waals surface area contributed by atoms with Crippen molar-refractivity contribution in [2.45, 2.75) is 51.6 Å². The first-order valence-electron chi connectivity index (χ1n) is 11.6. The zero-order valence-corrected chi connectivity index (χ0v) is 22.4. The molecule has 190 valence electrons. The van der Waals surface area contributed by atoms with Crippen LogP contribution in [0.5, 0.6) is 11.5 Å². The van der Waals surface area contributed by atoms with E-state index in [1.165, 1.54) is 11.8 Å². The van der Waals surface area contributed by atoms with Crippen LogP contribution in [0.15, 0.2) is 58.9 Å². The van der Waals surface area contributed by atoms with Crippen molar-refractivity contribution >= 4 is 35.3 Å². The molecule has 0 radical (unpaired) electrons. The lowest BCUT2D eigenvalue weighted by atomic mass is 9.95. The van der Waals surface area contributed by atoms with Crippen LogP contribution in [0.4, 0.5) is 5.95 Å². The van der Waals surface area contributed by atoms with Crippen LogP contribution in [-0.2, 0) is 16.1 Å². The van der Waals surface area contributed by atoms with Gasteiger partial charge in [-0.05, 0) is 61.9 Å². The molecule has 0 amide bonds. The van der Waals surface area contributed by atoms with Crippen molar-refractivity contribution in [1.82, 2.24) is 14.8 Å². The highest BCUT2D eigenvalue weighted by atomic mass is 35.5. The van der Waals surface area contributed by atoms with Gasteiger partial charge in [-0.15, -0.1) is 5.10 Å². The number of rotatable bonds is 9. The normalized spacial score (nSPS) is 14.9. The number of fused-ring (bicyclic) bond motifs is 1. The van der Waals surface area contributed by atoms with Crippen molar-refractivity contribution in [3.63, 3.8) is 0 Å². The third kappa shape index (κ3) is 5.63. The van der Waals surface area contributed by atoms with Crippen LogP contribution in [0.1, 0.15) is 44.9 Å². The third-order valence-corrected chi connectivity index (χ3v) is 6.45. The van der Waals surface area contributed by atoms with Gasteiger partial charge in [0.15, 0.2) is 11.5 Å². The summed E-state index contributed by atoms with van der Waals surface area (Å²) in [7, 11) is 1.59. The molecule has 1 unspecified atom stereocenters. The van der Waals surface area contributed by atoms with E-state index in [1.807, 2.05) is 70.2 Å². The molecule has 3 aromatic rings. The minimum atomic E-state index is -0.551. The molecule has 0 fully saturated rings. The number of benzene rings is 2. The molecule has 8 nitrogen and oxygen atoms in total. The van der Waals surface area contributed by atoms with Crippen LogP contribution in [0, 0.1) is 0 Å². The highest BCUT2D eigenvalue weighted by Gasteiger charge is 2.36. The van der Waals surface area contributed by atoms with Crippen LogP contribution >= 0.6 is 23.4 Å². The van der Waals surface area contributed by atoms with Gasteiger partial charge >= 0.3 is 5.97 Å². The van der Waals surface area contributed by atoms with Crippen molar-refractivity contribution in [2.24, 2.45) is 0 Å². The summed E-state index contributed by atoms with van der Waals surface area (Å²) in [6.07, 6.45) is -0.264. The third-order valence-electron chi connectivity index (χ3n) is 5.48. The molecule has 1 N–H and O–H groups in total. The number of hydrogen-bond acceptors (Lipinski definition) is 8. The predicted octanol–water partition coefficient (Wildman–Crippen LogP) is 5.87. The number of thioether (sulfide) groups is 1. The summed E-state index contributed by atoms with van der Waals surface area (Å²) >= 11 is 7.51. The molecule has 4 rings (SSSR count). The zero-order chi connectivity index (χ0) is 25.8. The fourth-order valence-corrected chi connectivity index (χ4v) is 4.57. The van der Waals surface area contributed by atoms with E-state index in [4.69, 9.17) is 25.8 Å². The van der Waals surface area contributed by atoms with Gasteiger partial charge in [-0.1, -0.05) is 48.5 Å². The molecule has 10 heteroatoms. The number of anilines is 1. The molecule has 1 aliphatic heterocycles. The summed E-state index contributed by atoms with van der Waals surface area (Å²) in [6, 6.07) is 12.5. The molecule has 0 saturated heterocycles. The molecule has 2 heterocycles. The maximum atomic E-state index is 13.2. The van der Waals surface area contributed by atoms with Crippen molar-refractivity contribution < 1.29 is 19.0 Å². The van der Waals surface area contributed by atoms with Crippen molar-refractivity contribution in [3.05, 3.63) is 69.9 Å². The fourth-order valence-electron chi connectivity index (χ4n) is 3.89. The van der Waals surface area contributed by atoms with Gasteiger partial charge in [-0.2, -0.15) is 4.98 Å². The molecule has 1 aromatic heterocycles. The van der Waals surface area contributed by atoms with Gasteiger partial charge in [0.25, 0.3) is 0 Å². The van der Waals surface area contributed by atoms with Crippen molar-refractivity contribution in [2.75, 3.05) is 18.2 Å². The van der Waals surface area contributed by atoms with E-state index < -0.39 is 12.0 Å². The van der Waals surface area contributed by atoms with E-state index >= 15 is 0 Å². The van der Waals surface area contributed by atoms with Crippen LogP contribution in [0.25, 0.3) is 0 Å². The maximum absolute atomic E-state index is 13.2. The minimum Gasteiger partial charge on any atom is -0.493 e. The SMILES string of the molecule is CCSc1nc2n(n1)C(c1ccc(OCc3ccc(Cl)cc3)c(OC)c1)C(C(=O)OC(C)C)=C(C)N2. The summed E-state index contributed by atoms with van der Waals surface area (Å²) in [6.45, 7) is 7.89. The standard InChI is InChI=1S/C26H29ClN4O4S/c1-6-36-26-29-25-28-16(4)22(24(32)35-15(2)3)23(31(25)30-26)18-9-12-20(21(13-18)33-5)34-14-17-7-10-19(27)11-8-17/h7-13,15,23H,6,14H2,1-5H3,(H,28,29,30). The van der Waals surface area contributed by atoms with Gasteiger partial charge < -0.3 is 19.5 Å². The number of aromatic nitrogens is 3. The Kier molecular flexibility index (Phi) is 8.11. The fraction of sp³-hybridized carbons (Fsp3) is 0.346. The van der Waals surface area contributed by atoms with Gasteiger partial charge in [0.2, 0.25) is 11.1 Å². The maximum Gasteiger partial charge on any atom is 0.338 e. The first-order valence-corrected chi connectivity index (χ1v) is 13.0. The molecule has 36 heavy (non-hydrogen) atoms. The smallest absolute Gasteiger partial charge is 0.338 e. The highest BCUT2D eigenvalue weighted by molar-refractivity contribution is 7.99. The molecule has 0 aliphatic carbocycles. The van der Waals surface area contributed by atoms with Crippen LogP contribution in [0.2, 0.25) is 5.02 Å². The van der Waals surface area contributed by atoms with Gasteiger partial charge in [0.1, 0.15) is 12.6 Å². The van der Waals surface area contributed by atoms with Gasteiger partial charge in [-0.25, -0.2) is 9.48 Å². The Morgan fingerprint density at radius 3 is 2.61 bits per heavy atom. The average Bonchev–Trinajstić information content (AvgIpc) is 3.24. The number of carbonyl (C=O) groups excluding carboxylic acids is 1. The quantitative estimate of drug-likeness (QED) is 0.272. The van der Waals surface area contributed by atoms with Crippen molar-refractivity contribution in [3.8, 4) is 11.5 Å². The number of methoxy groups -OCH3 is 1. The number of nitrogens with zero attached hydrogens (tertiary/aromatic N) is 3. The first-order chi connectivity index (χ1) is 17.3. The molecule has 0 saturated carbocycles. The number of carbonyl (C=O) groups is 1. The molecular weight excluding hydrogens is 500 g/mol. The second-order valence-electron chi connectivity index (χ2n) is 8.44. The van der Waals surface area contributed by atoms with Crippen LogP contribution in [0.3, 0.4) is 0 Å². The molecule has 2 aromatic carbocycles. The molecule has 0 bridgehead atoms. The lowest BCUT2D eigenvalue weighted by Gasteiger charge is -2.29. The van der Waals surface area contributed by atoms with E-state index in [9.17, 15) is 4.79 Å². The summed E-state index contributed by atoms with van der Waals surface area (Å²) in [5.41, 5.74) is 2.91. The monoisotopic (exact) mass is 528 g/mol. The van der Waals surface area contributed by atoms with Gasteiger partial charge in [-0.3, -0.25) is 0 Å².